The van der Waals surface area contributed by atoms with Gasteiger partial charge in [0.15, 0.2) is 0 Å². The molecule has 1 unspecified atom stereocenters. The van der Waals surface area contributed by atoms with Crippen molar-refractivity contribution in [2.24, 2.45) is 5.73 Å². The minimum Gasteiger partial charge on any atom is -0.370 e. The molecule has 3 heteroatoms. The van der Waals surface area contributed by atoms with Crippen molar-refractivity contribution in [3.63, 3.8) is 0 Å². The van der Waals surface area contributed by atoms with Crippen LogP contribution in [0.25, 0.3) is 10.8 Å². The fraction of sp³-hybridized carbons (Fsp3) is 0.267. The number of rotatable bonds is 4. The maximum Gasteiger partial charge on any atom is 0.219 e. The van der Waals surface area contributed by atoms with Crippen molar-refractivity contribution in [3.05, 3.63) is 48.0 Å². The minimum atomic E-state index is -0.421. The van der Waals surface area contributed by atoms with Gasteiger partial charge in [-0.15, -0.1) is 0 Å². The largest absolute Gasteiger partial charge is 0.370 e. The predicted molar refractivity (Wildman–Crippen MR) is 74.2 cm³/mol. The highest BCUT2D eigenvalue weighted by Gasteiger charge is 2.26. The summed E-state index contributed by atoms with van der Waals surface area (Å²) in [4.78, 5) is 11.2. The first-order valence-electron chi connectivity index (χ1n) is 6.02. The second kappa shape index (κ2) is 4.78. The van der Waals surface area contributed by atoms with Gasteiger partial charge in [-0.3, -0.25) is 4.79 Å². The first-order valence-corrected chi connectivity index (χ1v) is 6.02. The molecule has 1 amide bonds. The van der Waals surface area contributed by atoms with E-state index < -0.39 is 5.54 Å². The number of fused-ring (bicyclic) bond motifs is 1. The second-order valence-corrected chi connectivity index (χ2v) is 4.79. The van der Waals surface area contributed by atoms with Crippen molar-refractivity contribution < 1.29 is 4.79 Å². The molecule has 18 heavy (non-hydrogen) atoms. The van der Waals surface area contributed by atoms with Gasteiger partial charge in [0.1, 0.15) is 0 Å². The van der Waals surface area contributed by atoms with E-state index in [1.807, 2.05) is 32.2 Å². The molecular formula is C15H18N2O. The van der Waals surface area contributed by atoms with E-state index in [4.69, 9.17) is 5.73 Å². The summed E-state index contributed by atoms with van der Waals surface area (Å²) in [5.41, 5.74) is 5.98. The Bertz CT molecular complexity index is 579. The molecule has 3 N–H and O–H groups in total. The maximum absolute atomic E-state index is 11.2. The molecule has 1 atom stereocenters. The average molecular weight is 242 g/mol. The first-order chi connectivity index (χ1) is 8.55. The molecule has 0 aliphatic carbocycles. The van der Waals surface area contributed by atoms with E-state index in [1.165, 1.54) is 10.8 Å². The molecule has 3 nitrogen and oxygen atoms in total. The van der Waals surface area contributed by atoms with Crippen LogP contribution in [-0.4, -0.2) is 13.0 Å². The zero-order valence-corrected chi connectivity index (χ0v) is 10.7. The van der Waals surface area contributed by atoms with E-state index in [9.17, 15) is 4.79 Å². The number of hydrogen-bond acceptors (Lipinski definition) is 2. The van der Waals surface area contributed by atoms with Crippen molar-refractivity contribution in [2.45, 2.75) is 18.9 Å². The number of hydrogen-bond donors (Lipinski definition) is 2. The summed E-state index contributed by atoms with van der Waals surface area (Å²) in [5, 5.41) is 5.55. The molecule has 0 radical (unpaired) electrons. The predicted octanol–water partition coefficient (Wildman–Crippen LogP) is 2.15. The van der Waals surface area contributed by atoms with Crippen molar-refractivity contribution in [1.29, 1.82) is 0 Å². The van der Waals surface area contributed by atoms with Gasteiger partial charge in [0, 0.05) is 12.0 Å². The summed E-state index contributed by atoms with van der Waals surface area (Å²) in [6.07, 6.45) is 0.280. The van der Waals surface area contributed by atoms with Gasteiger partial charge in [0.25, 0.3) is 0 Å². The van der Waals surface area contributed by atoms with Crippen LogP contribution >= 0.6 is 0 Å². The molecule has 0 aliphatic rings. The maximum atomic E-state index is 11.2. The van der Waals surface area contributed by atoms with Crippen molar-refractivity contribution in [1.82, 2.24) is 5.32 Å². The highest BCUT2D eigenvalue weighted by molar-refractivity contribution is 5.83. The average Bonchev–Trinajstić information content (AvgIpc) is 2.37. The zero-order valence-electron chi connectivity index (χ0n) is 10.7. The number of primary amides is 1. The highest BCUT2D eigenvalue weighted by Crippen LogP contribution is 2.27. The molecule has 0 aliphatic heterocycles. The van der Waals surface area contributed by atoms with E-state index in [0.29, 0.717) is 0 Å². The number of nitrogens with one attached hydrogen (secondary N) is 1. The molecule has 0 saturated carbocycles. The van der Waals surface area contributed by atoms with Crippen molar-refractivity contribution in [3.8, 4) is 0 Å². The Kier molecular flexibility index (Phi) is 3.34. The van der Waals surface area contributed by atoms with Crippen LogP contribution in [0.1, 0.15) is 18.9 Å². The van der Waals surface area contributed by atoms with E-state index >= 15 is 0 Å². The molecule has 2 rings (SSSR count). The SMILES string of the molecule is CNC(C)(CC(N)=O)c1ccc2ccccc2c1. The summed E-state index contributed by atoms with van der Waals surface area (Å²) in [6, 6.07) is 14.4. The Morgan fingerprint density at radius 2 is 1.89 bits per heavy atom. The highest BCUT2D eigenvalue weighted by atomic mass is 16.1. The fourth-order valence-electron chi connectivity index (χ4n) is 2.22. The topological polar surface area (TPSA) is 55.1 Å². The lowest BCUT2D eigenvalue weighted by Gasteiger charge is -2.29. The zero-order chi connectivity index (χ0) is 13.2. The number of benzene rings is 2. The van der Waals surface area contributed by atoms with Gasteiger partial charge in [0.2, 0.25) is 5.91 Å². The van der Waals surface area contributed by atoms with Crippen LogP contribution in [-0.2, 0) is 10.3 Å². The fourth-order valence-corrected chi connectivity index (χ4v) is 2.22. The van der Waals surface area contributed by atoms with E-state index in [0.717, 1.165) is 5.56 Å². The van der Waals surface area contributed by atoms with Gasteiger partial charge in [-0.1, -0.05) is 36.4 Å². The van der Waals surface area contributed by atoms with Crippen LogP contribution in [0.15, 0.2) is 42.5 Å². The molecule has 2 aromatic rings. The number of amides is 1. The Balaban J connectivity index is 2.48. The Labute approximate surface area is 107 Å². The van der Waals surface area contributed by atoms with Gasteiger partial charge >= 0.3 is 0 Å². The van der Waals surface area contributed by atoms with Crippen LogP contribution in [0.5, 0.6) is 0 Å². The summed E-state index contributed by atoms with van der Waals surface area (Å²) in [7, 11) is 1.85. The Morgan fingerprint density at radius 1 is 1.22 bits per heavy atom. The third-order valence-electron chi connectivity index (χ3n) is 3.47. The molecule has 2 aromatic carbocycles. The minimum absolute atomic E-state index is 0.280. The van der Waals surface area contributed by atoms with Crippen LogP contribution in [0.4, 0.5) is 0 Å². The molecule has 0 aromatic heterocycles. The Morgan fingerprint density at radius 3 is 2.50 bits per heavy atom. The number of carbonyl (C=O) groups is 1. The number of nitrogens with two attached hydrogens (primary N) is 1. The van der Waals surface area contributed by atoms with Gasteiger partial charge < -0.3 is 11.1 Å². The quantitative estimate of drug-likeness (QED) is 0.863. The first kappa shape index (κ1) is 12.6. The standard InChI is InChI=1S/C15H18N2O/c1-15(17-2,10-14(16)18)13-8-7-11-5-3-4-6-12(11)9-13/h3-9,17H,10H2,1-2H3,(H2,16,18). The van der Waals surface area contributed by atoms with Gasteiger partial charge in [-0.25, -0.2) is 0 Å². The molecule has 0 saturated heterocycles. The normalized spacial score (nSPS) is 14.3. The van der Waals surface area contributed by atoms with Crippen molar-refractivity contribution in [2.75, 3.05) is 7.05 Å². The van der Waals surface area contributed by atoms with Gasteiger partial charge in [0.05, 0.1) is 0 Å². The summed E-state index contributed by atoms with van der Waals surface area (Å²) in [6.45, 7) is 1.99. The van der Waals surface area contributed by atoms with Crippen LogP contribution in [0, 0.1) is 0 Å². The monoisotopic (exact) mass is 242 g/mol. The summed E-state index contributed by atoms with van der Waals surface area (Å²) < 4.78 is 0. The molecule has 0 heterocycles. The van der Waals surface area contributed by atoms with E-state index in [2.05, 4.69) is 29.6 Å². The molecular weight excluding hydrogens is 224 g/mol. The van der Waals surface area contributed by atoms with E-state index in [1.54, 1.807) is 0 Å². The van der Waals surface area contributed by atoms with Crippen molar-refractivity contribution >= 4 is 16.7 Å². The summed E-state index contributed by atoms with van der Waals surface area (Å²) >= 11 is 0. The molecule has 94 valence electrons. The number of carbonyl (C=O) groups excluding carboxylic acids is 1. The molecule has 0 fully saturated rings. The second-order valence-electron chi connectivity index (χ2n) is 4.79. The van der Waals surface area contributed by atoms with Crippen LogP contribution in [0.3, 0.4) is 0 Å². The van der Waals surface area contributed by atoms with E-state index in [-0.39, 0.29) is 12.3 Å². The van der Waals surface area contributed by atoms with Crippen LogP contribution in [0.2, 0.25) is 0 Å². The lowest BCUT2D eigenvalue weighted by Crippen LogP contribution is -2.40. The third-order valence-corrected chi connectivity index (χ3v) is 3.47. The van der Waals surface area contributed by atoms with Gasteiger partial charge in [-0.05, 0) is 36.4 Å². The third kappa shape index (κ3) is 2.36. The van der Waals surface area contributed by atoms with Gasteiger partial charge in [-0.2, -0.15) is 0 Å². The Hall–Kier alpha value is -1.87. The lowest BCUT2D eigenvalue weighted by atomic mass is 9.87. The molecule has 0 bridgehead atoms. The molecule has 0 spiro atoms. The van der Waals surface area contributed by atoms with Crippen LogP contribution < -0.4 is 11.1 Å². The lowest BCUT2D eigenvalue weighted by molar-refractivity contribution is -0.119. The summed E-state index contributed by atoms with van der Waals surface area (Å²) in [5.74, 6) is -0.306. The smallest absolute Gasteiger partial charge is 0.219 e.